The van der Waals surface area contributed by atoms with Crippen molar-refractivity contribution >= 4 is 31.8 Å². The third kappa shape index (κ3) is 4.53. The molecule has 0 unspecified atom stereocenters. The maximum atomic E-state index is 10.8. The molecule has 0 saturated heterocycles. The standard InChI is InChI=1S/C9H10BrNO2S/c1-14(12,13)4-2-3-8-5-9(10)7-11-6-8/h2-3,5-7H,4H2,1H3. The van der Waals surface area contributed by atoms with E-state index in [1.807, 2.05) is 6.07 Å². The fraction of sp³-hybridized carbons (Fsp3) is 0.222. The summed E-state index contributed by atoms with van der Waals surface area (Å²) < 4.78 is 22.5. The molecule has 0 atom stereocenters. The van der Waals surface area contributed by atoms with Crippen LogP contribution in [0.15, 0.2) is 29.0 Å². The van der Waals surface area contributed by atoms with Crippen LogP contribution >= 0.6 is 15.9 Å². The monoisotopic (exact) mass is 275 g/mol. The second kappa shape index (κ2) is 4.70. The first-order valence-corrected chi connectivity index (χ1v) is 6.77. The van der Waals surface area contributed by atoms with Crippen molar-refractivity contribution in [3.05, 3.63) is 34.6 Å². The molecule has 1 rings (SSSR count). The van der Waals surface area contributed by atoms with Crippen LogP contribution in [-0.4, -0.2) is 25.4 Å². The van der Waals surface area contributed by atoms with Crippen molar-refractivity contribution in [2.75, 3.05) is 12.0 Å². The van der Waals surface area contributed by atoms with Gasteiger partial charge < -0.3 is 0 Å². The molecule has 0 aliphatic heterocycles. The van der Waals surface area contributed by atoms with Gasteiger partial charge in [0.1, 0.15) is 0 Å². The minimum atomic E-state index is -2.92. The summed E-state index contributed by atoms with van der Waals surface area (Å²) in [7, 11) is -2.92. The van der Waals surface area contributed by atoms with Crippen molar-refractivity contribution in [2.24, 2.45) is 0 Å². The summed E-state index contributed by atoms with van der Waals surface area (Å²) in [6, 6.07) is 1.87. The number of sulfone groups is 1. The molecule has 0 bridgehead atoms. The number of aromatic nitrogens is 1. The Morgan fingerprint density at radius 3 is 2.79 bits per heavy atom. The second-order valence-electron chi connectivity index (χ2n) is 2.93. The van der Waals surface area contributed by atoms with Gasteiger partial charge in [0, 0.05) is 23.1 Å². The van der Waals surface area contributed by atoms with Crippen molar-refractivity contribution in [3.8, 4) is 0 Å². The van der Waals surface area contributed by atoms with Crippen LogP contribution in [0.3, 0.4) is 0 Å². The molecule has 14 heavy (non-hydrogen) atoms. The van der Waals surface area contributed by atoms with Gasteiger partial charge in [0.25, 0.3) is 0 Å². The van der Waals surface area contributed by atoms with Crippen LogP contribution in [0.2, 0.25) is 0 Å². The van der Waals surface area contributed by atoms with E-state index in [4.69, 9.17) is 0 Å². The summed E-state index contributed by atoms with van der Waals surface area (Å²) in [6.07, 6.45) is 7.89. The lowest BCUT2D eigenvalue weighted by atomic mass is 10.3. The summed E-state index contributed by atoms with van der Waals surface area (Å²) >= 11 is 3.28. The lowest BCUT2D eigenvalue weighted by Crippen LogP contribution is -1.98. The van der Waals surface area contributed by atoms with Crippen LogP contribution in [0.25, 0.3) is 6.08 Å². The molecule has 1 aromatic rings. The molecule has 1 heterocycles. The van der Waals surface area contributed by atoms with Gasteiger partial charge in [-0.25, -0.2) is 8.42 Å². The minimum absolute atomic E-state index is 0.0551. The Kier molecular flexibility index (Phi) is 3.83. The first kappa shape index (κ1) is 11.4. The van der Waals surface area contributed by atoms with Gasteiger partial charge in [-0.3, -0.25) is 4.98 Å². The normalized spacial score (nSPS) is 12.1. The largest absolute Gasteiger partial charge is 0.263 e. The van der Waals surface area contributed by atoms with Gasteiger partial charge in [-0.05, 0) is 27.6 Å². The molecule has 0 fully saturated rings. The summed E-state index contributed by atoms with van der Waals surface area (Å²) in [5.41, 5.74) is 0.878. The molecule has 0 N–H and O–H groups in total. The van der Waals surface area contributed by atoms with Gasteiger partial charge in [0.05, 0.1) is 5.75 Å². The van der Waals surface area contributed by atoms with Gasteiger partial charge in [0.2, 0.25) is 0 Å². The zero-order chi connectivity index (χ0) is 10.6. The van der Waals surface area contributed by atoms with Crippen molar-refractivity contribution in [1.82, 2.24) is 4.98 Å². The van der Waals surface area contributed by atoms with E-state index in [2.05, 4.69) is 20.9 Å². The Morgan fingerprint density at radius 1 is 1.50 bits per heavy atom. The summed E-state index contributed by atoms with van der Waals surface area (Å²) in [4.78, 5) is 3.95. The number of hydrogen-bond donors (Lipinski definition) is 0. The summed E-state index contributed by atoms with van der Waals surface area (Å²) in [5.74, 6) is 0.0551. The van der Waals surface area contributed by atoms with Gasteiger partial charge in [-0.15, -0.1) is 0 Å². The maximum Gasteiger partial charge on any atom is 0.151 e. The Labute approximate surface area is 91.9 Å². The topological polar surface area (TPSA) is 47.0 Å². The molecule has 0 aromatic carbocycles. The first-order valence-electron chi connectivity index (χ1n) is 3.92. The molecule has 0 aliphatic carbocycles. The van der Waals surface area contributed by atoms with Gasteiger partial charge in [-0.1, -0.05) is 12.2 Å². The summed E-state index contributed by atoms with van der Waals surface area (Å²) in [5, 5.41) is 0. The number of nitrogens with zero attached hydrogens (tertiary/aromatic N) is 1. The molecular formula is C9H10BrNO2S. The van der Waals surface area contributed by atoms with Crippen LogP contribution in [0.5, 0.6) is 0 Å². The van der Waals surface area contributed by atoms with E-state index in [1.54, 1.807) is 24.5 Å². The molecule has 0 aliphatic rings. The van der Waals surface area contributed by atoms with Crippen LogP contribution < -0.4 is 0 Å². The number of hydrogen-bond acceptors (Lipinski definition) is 3. The Balaban J connectivity index is 2.70. The predicted molar refractivity (Wildman–Crippen MR) is 60.7 cm³/mol. The van der Waals surface area contributed by atoms with Crippen molar-refractivity contribution in [1.29, 1.82) is 0 Å². The van der Waals surface area contributed by atoms with E-state index >= 15 is 0 Å². The maximum absolute atomic E-state index is 10.8. The highest BCUT2D eigenvalue weighted by Gasteiger charge is 1.96. The zero-order valence-electron chi connectivity index (χ0n) is 7.64. The van der Waals surface area contributed by atoms with E-state index in [0.29, 0.717) is 0 Å². The second-order valence-corrected chi connectivity index (χ2v) is 6.03. The number of halogens is 1. The third-order valence-electron chi connectivity index (χ3n) is 1.44. The lowest BCUT2D eigenvalue weighted by molar-refractivity contribution is 0.604. The van der Waals surface area contributed by atoms with Gasteiger partial charge >= 0.3 is 0 Å². The Morgan fingerprint density at radius 2 is 2.21 bits per heavy atom. The molecule has 1 aromatic heterocycles. The Bertz CT molecular complexity index is 440. The van der Waals surface area contributed by atoms with Gasteiger partial charge in [0.15, 0.2) is 9.84 Å². The van der Waals surface area contributed by atoms with E-state index in [0.717, 1.165) is 10.0 Å². The molecule has 0 radical (unpaired) electrons. The lowest BCUT2D eigenvalue weighted by Gasteiger charge is -1.93. The van der Waals surface area contributed by atoms with Gasteiger partial charge in [-0.2, -0.15) is 0 Å². The van der Waals surface area contributed by atoms with E-state index in [9.17, 15) is 8.42 Å². The highest BCUT2D eigenvalue weighted by Crippen LogP contribution is 2.10. The fourth-order valence-electron chi connectivity index (χ4n) is 0.878. The molecule has 0 amide bonds. The predicted octanol–water partition coefficient (Wildman–Crippen LogP) is 1.90. The van der Waals surface area contributed by atoms with Crippen molar-refractivity contribution < 1.29 is 8.42 Å². The zero-order valence-corrected chi connectivity index (χ0v) is 10.0. The highest BCUT2D eigenvalue weighted by molar-refractivity contribution is 9.10. The average Bonchev–Trinajstić information content (AvgIpc) is 2.01. The van der Waals surface area contributed by atoms with Crippen molar-refractivity contribution in [2.45, 2.75) is 0 Å². The van der Waals surface area contributed by atoms with E-state index < -0.39 is 9.84 Å². The van der Waals surface area contributed by atoms with Crippen LogP contribution in [-0.2, 0) is 9.84 Å². The third-order valence-corrected chi connectivity index (χ3v) is 2.67. The molecule has 76 valence electrons. The fourth-order valence-corrected chi connectivity index (χ4v) is 1.71. The molecule has 0 saturated carbocycles. The molecule has 3 nitrogen and oxygen atoms in total. The molecule has 5 heteroatoms. The Hall–Kier alpha value is -0.680. The first-order chi connectivity index (χ1) is 6.47. The number of rotatable bonds is 3. The molecular weight excluding hydrogens is 266 g/mol. The molecule has 0 spiro atoms. The SMILES string of the molecule is CS(=O)(=O)CC=Cc1cncc(Br)c1. The average molecular weight is 276 g/mol. The smallest absolute Gasteiger partial charge is 0.151 e. The highest BCUT2D eigenvalue weighted by atomic mass is 79.9. The quantitative estimate of drug-likeness (QED) is 0.847. The van der Waals surface area contributed by atoms with E-state index in [1.165, 1.54) is 6.26 Å². The van der Waals surface area contributed by atoms with Crippen LogP contribution in [0, 0.1) is 0 Å². The van der Waals surface area contributed by atoms with Crippen molar-refractivity contribution in [3.63, 3.8) is 0 Å². The summed E-state index contributed by atoms with van der Waals surface area (Å²) in [6.45, 7) is 0. The van der Waals surface area contributed by atoms with E-state index in [-0.39, 0.29) is 5.75 Å². The van der Waals surface area contributed by atoms with Crippen LogP contribution in [0.4, 0.5) is 0 Å². The van der Waals surface area contributed by atoms with Crippen LogP contribution in [0.1, 0.15) is 5.56 Å². The minimum Gasteiger partial charge on any atom is -0.263 e. The number of pyridine rings is 1.